The van der Waals surface area contributed by atoms with Crippen molar-refractivity contribution in [2.75, 3.05) is 0 Å². The van der Waals surface area contributed by atoms with Gasteiger partial charge in [0, 0.05) is 5.39 Å². The molecular weight excluding hydrogens is 229 g/mol. The number of aromatic nitrogens is 2. The van der Waals surface area contributed by atoms with Gasteiger partial charge in [0.1, 0.15) is 0 Å². The van der Waals surface area contributed by atoms with Crippen LogP contribution in [0.4, 0.5) is 13.2 Å². The minimum atomic E-state index is -4.41. The fraction of sp³-hybridized carbons (Fsp3) is 0.0833. The average Bonchev–Trinajstić information content (AvgIpc) is 2.72. The summed E-state index contributed by atoms with van der Waals surface area (Å²) in [5.74, 6) is 0. The van der Waals surface area contributed by atoms with Gasteiger partial charge in [0.2, 0.25) is 0 Å². The molecule has 1 aromatic carbocycles. The molecule has 0 saturated carbocycles. The molecule has 0 spiro atoms. The molecular formula is C12H7F3N2. The fourth-order valence-electron chi connectivity index (χ4n) is 1.84. The molecule has 86 valence electrons. The SMILES string of the molecule is FC(F)(F)c1cc2ccc3ccccc3n2n1. The summed E-state index contributed by atoms with van der Waals surface area (Å²) in [7, 11) is 0. The van der Waals surface area contributed by atoms with E-state index in [-0.39, 0.29) is 0 Å². The maximum absolute atomic E-state index is 12.6. The quantitative estimate of drug-likeness (QED) is 0.583. The van der Waals surface area contributed by atoms with Crippen molar-refractivity contribution in [1.82, 2.24) is 9.61 Å². The van der Waals surface area contributed by atoms with Crippen molar-refractivity contribution in [2.45, 2.75) is 6.18 Å². The lowest BCUT2D eigenvalue weighted by molar-refractivity contribution is -0.141. The lowest BCUT2D eigenvalue weighted by Crippen LogP contribution is -2.05. The maximum atomic E-state index is 12.6. The smallest absolute Gasteiger partial charge is 0.233 e. The van der Waals surface area contributed by atoms with Crippen molar-refractivity contribution in [3.05, 3.63) is 48.2 Å². The molecule has 0 atom stereocenters. The van der Waals surface area contributed by atoms with Crippen LogP contribution >= 0.6 is 0 Å². The number of para-hydroxylation sites is 1. The number of fused-ring (bicyclic) bond motifs is 3. The zero-order valence-corrected chi connectivity index (χ0v) is 8.57. The summed E-state index contributed by atoms with van der Waals surface area (Å²) in [6.07, 6.45) is -4.41. The third-order valence-corrected chi connectivity index (χ3v) is 2.63. The van der Waals surface area contributed by atoms with Crippen LogP contribution in [0.15, 0.2) is 42.5 Å². The second-order valence-electron chi connectivity index (χ2n) is 3.76. The molecule has 5 heteroatoms. The minimum Gasteiger partial charge on any atom is -0.233 e. The number of alkyl halides is 3. The molecule has 3 rings (SSSR count). The van der Waals surface area contributed by atoms with Crippen LogP contribution in [0.25, 0.3) is 16.4 Å². The van der Waals surface area contributed by atoms with E-state index in [0.29, 0.717) is 11.0 Å². The van der Waals surface area contributed by atoms with Crippen LogP contribution in [-0.4, -0.2) is 9.61 Å². The maximum Gasteiger partial charge on any atom is 0.435 e. The topological polar surface area (TPSA) is 17.3 Å². The van der Waals surface area contributed by atoms with Gasteiger partial charge in [-0.15, -0.1) is 0 Å². The van der Waals surface area contributed by atoms with Crippen molar-refractivity contribution >= 4 is 16.4 Å². The largest absolute Gasteiger partial charge is 0.435 e. The number of pyridine rings is 1. The normalized spacial score (nSPS) is 12.4. The molecule has 3 aromatic rings. The Morgan fingerprint density at radius 1 is 1.00 bits per heavy atom. The summed E-state index contributed by atoms with van der Waals surface area (Å²) < 4.78 is 39.0. The van der Waals surface area contributed by atoms with Crippen molar-refractivity contribution in [3.8, 4) is 0 Å². The third-order valence-electron chi connectivity index (χ3n) is 2.63. The highest BCUT2D eigenvalue weighted by atomic mass is 19.4. The molecule has 2 aromatic heterocycles. The summed E-state index contributed by atoms with van der Waals surface area (Å²) >= 11 is 0. The second-order valence-corrected chi connectivity index (χ2v) is 3.76. The van der Waals surface area contributed by atoms with E-state index in [1.165, 1.54) is 4.52 Å². The molecule has 0 fully saturated rings. The molecule has 17 heavy (non-hydrogen) atoms. The molecule has 0 radical (unpaired) electrons. The van der Waals surface area contributed by atoms with Crippen molar-refractivity contribution in [1.29, 1.82) is 0 Å². The number of rotatable bonds is 0. The van der Waals surface area contributed by atoms with E-state index >= 15 is 0 Å². The van der Waals surface area contributed by atoms with Crippen LogP contribution in [0, 0.1) is 0 Å². The second kappa shape index (κ2) is 3.23. The van der Waals surface area contributed by atoms with Gasteiger partial charge < -0.3 is 0 Å². The summed E-state index contributed by atoms with van der Waals surface area (Å²) in [6, 6.07) is 11.7. The van der Waals surface area contributed by atoms with Crippen molar-refractivity contribution < 1.29 is 13.2 Å². The zero-order chi connectivity index (χ0) is 12.0. The van der Waals surface area contributed by atoms with Gasteiger partial charge in [0.25, 0.3) is 0 Å². The summed E-state index contributed by atoms with van der Waals surface area (Å²) in [4.78, 5) is 0. The zero-order valence-electron chi connectivity index (χ0n) is 8.57. The lowest BCUT2D eigenvalue weighted by Gasteiger charge is -2.01. The van der Waals surface area contributed by atoms with Gasteiger partial charge in [-0.1, -0.05) is 24.3 Å². The standard InChI is InChI=1S/C12H7F3N2/c13-12(14,15)11-7-9-6-5-8-3-1-2-4-10(8)17(9)16-11/h1-7H. The van der Waals surface area contributed by atoms with Gasteiger partial charge >= 0.3 is 6.18 Å². The molecule has 0 N–H and O–H groups in total. The van der Waals surface area contributed by atoms with Crippen LogP contribution in [0.2, 0.25) is 0 Å². The van der Waals surface area contributed by atoms with Gasteiger partial charge in [-0.05, 0) is 18.2 Å². The summed E-state index contributed by atoms with van der Waals surface area (Å²) in [5.41, 5.74) is 0.241. The Balaban J connectivity index is 2.39. The van der Waals surface area contributed by atoms with E-state index in [9.17, 15) is 13.2 Å². The molecule has 0 aliphatic heterocycles. The van der Waals surface area contributed by atoms with E-state index in [4.69, 9.17) is 0 Å². The number of hydrogen-bond donors (Lipinski definition) is 0. The number of hydrogen-bond acceptors (Lipinski definition) is 1. The number of halogens is 3. The van der Waals surface area contributed by atoms with Crippen LogP contribution in [0.3, 0.4) is 0 Å². The first kappa shape index (κ1) is 10.1. The van der Waals surface area contributed by atoms with Gasteiger partial charge in [-0.2, -0.15) is 18.3 Å². The highest BCUT2D eigenvalue weighted by Gasteiger charge is 2.34. The predicted octanol–water partition coefficient (Wildman–Crippen LogP) is 3.51. The third kappa shape index (κ3) is 1.54. The lowest BCUT2D eigenvalue weighted by atomic mass is 10.2. The van der Waals surface area contributed by atoms with Gasteiger partial charge in [-0.3, -0.25) is 0 Å². The highest BCUT2D eigenvalue weighted by molar-refractivity contribution is 5.82. The van der Waals surface area contributed by atoms with Crippen LogP contribution in [0.5, 0.6) is 0 Å². The Labute approximate surface area is 94.3 Å². The van der Waals surface area contributed by atoms with Gasteiger partial charge in [-0.25, -0.2) is 4.52 Å². The van der Waals surface area contributed by atoms with Crippen molar-refractivity contribution in [2.24, 2.45) is 0 Å². The molecule has 0 unspecified atom stereocenters. The average molecular weight is 236 g/mol. The molecule has 0 saturated heterocycles. The van der Waals surface area contributed by atoms with Gasteiger partial charge in [0.15, 0.2) is 5.69 Å². The molecule has 0 aliphatic carbocycles. The van der Waals surface area contributed by atoms with E-state index in [2.05, 4.69) is 5.10 Å². The number of benzene rings is 1. The first-order chi connectivity index (χ1) is 8.05. The van der Waals surface area contributed by atoms with Gasteiger partial charge in [0.05, 0.1) is 11.0 Å². The van der Waals surface area contributed by atoms with E-state index in [1.807, 2.05) is 12.1 Å². The van der Waals surface area contributed by atoms with E-state index in [0.717, 1.165) is 11.5 Å². The van der Waals surface area contributed by atoms with Crippen LogP contribution < -0.4 is 0 Å². The van der Waals surface area contributed by atoms with E-state index in [1.54, 1.807) is 24.3 Å². The molecule has 2 heterocycles. The molecule has 0 aliphatic rings. The summed E-state index contributed by atoms with van der Waals surface area (Å²) in [6.45, 7) is 0. The Morgan fingerprint density at radius 3 is 2.53 bits per heavy atom. The van der Waals surface area contributed by atoms with E-state index < -0.39 is 11.9 Å². The van der Waals surface area contributed by atoms with Crippen LogP contribution in [-0.2, 0) is 6.18 Å². The Kier molecular flexibility index (Phi) is 1.92. The highest BCUT2D eigenvalue weighted by Crippen LogP contribution is 2.29. The number of nitrogens with zero attached hydrogens (tertiary/aromatic N) is 2. The van der Waals surface area contributed by atoms with Crippen molar-refractivity contribution in [3.63, 3.8) is 0 Å². The Morgan fingerprint density at radius 2 is 1.76 bits per heavy atom. The Hall–Kier alpha value is -2.04. The predicted molar refractivity (Wildman–Crippen MR) is 57.7 cm³/mol. The first-order valence-electron chi connectivity index (χ1n) is 5.00. The minimum absolute atomic E-state index is 0.441. The molecule has 0 amide bonds. The first-order valence-corrected chi connectivity index (χ1v) is 5.00. The Bertz CT molecular complexity index is 698. The summed E-state index contributed by atoms with van der Waals surface area (Å²) in [5, 5.41) is 4.46. The molecule has 2 nitrogen and oxygen atoms in total. The van der Waals surface area contributed by atoms with Crippen LogP contribution in [0.1, 0.15) is 5.69 Å². The fourth-order valence-corrected chi connectivity index (χ4v) is 1.84. The monoisotopic (exact) mass is 236 g/mol. The molecule has 0 bridgehead atoms.